The van der Waals surface area contributed by atoms with Crippen molar-refractivity contribution < 1.29 is 14.0 Å². The van der Waals surface area contributed by atoms with E-state index in [2.05, 4.69) is 17.6 Å². The molecule has 2 N–H and O–H groups in total. The van der Waals surface area contributed by atoms with Crippen molar-refractivity contribution in [2.24, 2.45) is 5.92 Å². The molecule has 1 saturated carbocycles. The molecule has 116 valence electrons. The Hall–Kier alpha value is -1.78. The quantitative estimate of drug-likeness (QED) is 0.845. The van der Waals surface area contributed by atoms with Crippen LogP contribution in [0.25, 0.3) is 0 Å². The van der Waals surface area contributed by atoms with E-state index < -0.39 is 0 Å². The summed E-state index contributed by atoms with van der Waals surface area (Å²) in [5.74, 6) is 1.10. The van der Waals surface area contributed by atoms with Gasteiger partial charge in [0.1, 0.15) is 5.76 Å². The Labute approximate surface area is 125 Å². The molecule has 21 heavy (non-hydrogen) atoms. The summed E-state index contributed by atoms with van der Waals surface area (Å²) in [5, 5.41) is 5.80. The van der Waals surface area contributed by atoms with Gasteiger partial charge in [0.2, 0.25) is 11.8 Å². The number of hydrogen-bond acceptors (Lipinski definition) is 3. The van der Waals surface area contributed by atoms with E-state index in [1.165, 1.54) is 19.3 Å². The zero-order valence-corrected chi connectivity index (χ0v) is 12.6. The highest BCUT2D eigenvalue weighted by atomic mass is 16.3. The monoisotopic (exact) mass is 292 g/mol. The predicted molar refractivity (Wildman–Crippen MR) is 79.4 cm³/mol. The fourth-order valence-electron chi connectivity index (χ4n) is 2.72. The van der Waals surface area contributed by atoms with Gasteiger partial charge in [0.25, 0.3) is 0 Å². The molecule has 1 aromatic heterocycles. The molecule has 2 amide bonds. The number of carbonyl (C=O) groups is 2. The standard InChI is InChI=1S/C16H24N2O3/c1-12-5-2-3-7-14(12)18-16(20)9-8-15(19)17-11-13-6-4-10-21-13/h4,6,10,12,14H,2-3,5,7-9,11H2,1H3,(H,17,19)(H,18,20). The Balaban J connectivity index is 1.62. The van der Waals surface area contributed by atoms with Crippen molar-refractivity contribution in [1.82, 2.24) is 10.6 Å². The molecular formula is C16H24N2O3. The Kier molecular flexibility index (Phi) is 5.84. The molecule has 0 saturated heterocycles. The van der Waals surface area contributed by atoms with Gasteiger partial charge in [0.05, 0.1) is 12.8 Å². The van der Waals surface area contributed by atoms with Crippen LogP contribution in [-0.2, 0) is 16.1 Å². The molecule has 2 rings (SSSR count). The minimum absolute atomic E-state index is 0.0260. The number of nitrogens with one attached hydrogen (secondary N) is 2. The zero-order chi connectivity index (χ0) is 15.1. The summed E-state index contributed by atoms with van der Waals surface area (Å²) in [6.07, 6.45) is 6.69. The maximum absolute atomic E-state index is 11.9. The maximum atomic E-state index is 11.9. The van der Waals surface area contributed by atoms with E-state index >= 15 is 0 Å². The van der Waals surface area contributed by atoms with Gasteiger partial charge in [0, 0.05) is 18.9 Å². The van der Waals surface area contributed by atoms with E-state index in [0.29, 0.717) is 18.2 Å². The lowest BCUT2D eigenvalue weighted by molar-refractivity contribution is -0.127. The molecule has 5 heteroatoms. The van der Waals surface area contributed by atoms with Crippen molar-refractivity contribution in [1.29, 1.82) is 0 Å². The second-order valence-corrected chi connectivity index (χ2v) is 5.79. The van der Waals surface area contributed by atoms with Crippen molar-refractivity contribution in [2.75, 3.05) is 0 Å². The zero-order valence-electron chi connectivity index (χ0n) is 12.6. The van der Waals surface area contributed by atoms with Crippen molar-refractivity contribution >= 4 is 11.8 Å². The van der Waals surface area contributed by atoms with Crippen LogP contribution in [0.3, 0.4) is 0 Å². The van der Waals surface area contributed by atoms with Gasteiger partial charge in [-0.1, -0.05) is 19.8 Å². The van der Waals surface area contributed by atoms with Crippen molar-refractivity contribution in [3.8, 4) is 0 Å². The lowest BCUT2D eigenvalue weighted by Gasteiger charge is -2.29. The first-order chi connectivity index (χ1) is 10.1. The highest BCUT2D eigenvalue weighted by molar-refractivity contribution is 5.83. The van der Waals surface area contributed by atoms with Crippen LogP contribution in [0.5, 0.6) is 0 Å². The van der Waals surface area contributed by atoms with Gasteiger partial charge in [-0.15, -0.1) is 0 Å². The first-order valence-corrected chi connectivity index (χ1v) is 7.73. The summed E-state index contributed by atoms with van der Waals surface area (Å²) >= 11 is 0. The Morgan fingerprint density at radius 1 is 1.24 bits per heavy atom. The van der Waals surface area contributed by atoms with E-state index in [9.17, 15) is 9.59 Å². The lowest BCUT2D eigenvalue weighted by atomic mass is 9.86. The second-order valence-electron chi connectivity index (χ2n) is 5.79. The van der Waals surface area contributed by atoms with Gasteiger partial charge < -0.3 is 15.1 Å². The molecule has 1 aromatic rings. The highest BCUT2D eigenvalue weighted by Gasteiger charge is 2.22. The Morgan fingerprint density at radius 2 is 2.00 bits per heavy atom. The SMILES string of the molecule is CC1CCCCC1NC(=O)CCC(=O)NCc1ccco1. The first kappa shape index (κ1) is 15.6. The number of furan rings is 1. The lowest BCUT2D eigenvalue weighted by Crippen LogP contribution is -2.41. The fraction of sp³-hybridized carbons (Fsp3) is 0.625. The van der Waals surface area contributed by atoms with Gasteiger partial charge in [-0.05, 0) is 30.9 Å². The summed E-state index contributed by atoms with van der Waals surface area (Å²) in [4.78, 5) is 23.6. The summed E-state index contributed by atoms with van der Waals surface area (Å²) in [5.41, 5.74) is 0. The van der Waals surface area contributed by atoms with Gasteiger partial charge in [0.15, 0.2) is 0 Å². The van der Waals surface area contributed by atoms with E-state index in [4.69, 9.17) is 4.42 Å². The number of carbonyl (C=O) groups excluding carboxylic acids is 2. The molecule has 0 spiro atoms. The maximum Gasteiger partial charge on any atom is 0.220 e. The normalized spacial score (nSPS) is 21.8. The Bertz CT molecular complexity index is 456. The highest BCUT2D eigenvalue weighted by Crippen LogP contribution is 2.23. The summed E-state index contributed by atoms with van der Waals surface area (Å²) in [7, 11) is 0. The van der Waals surface area contributed by atoms with Crippen LogP contribution in [-0.4, -0.2) is 17.9 Å². The molecule has 0 bridgehead atoms. The van der Waals surface area contributed by atoms with Crippen LogP contribution in [0.1, 0.15) is 51.2 Å². The largest absolute Gasteiger partial charge is 0.467 e. The van der Waals surface area contributed by atoms with E-state index in [1.54, 1.807) is 18.4 Å². The average Bonchev–Trinajstić information content (AvgIpc) is 2.99. The van der Waals surface area contributed by atoms with Gasteiger partial charge in [-0.3, -0.25) is 9.59 Å². The first-order valence-electron chi connectivity index (χ1n) is 7.73. The van der Waals surface area contributed by atoms with E-state index in [0.717, 1.165) is 6.42 Å². The van der Waals surface area contributed by atoms with Crippen LogP contribution in [0.2, 0.25) is 0 Å². The van der Waals surface area contributed by atoms with Gasteiger partial charge >= 0.3 is 0 Å². The van der Waals surface area contributed by atoms with Crippen molar-refractivity contribution in [3.63, 3.8) is 0 Å². The molecule has 2 unspecified atom stereocenters. The molecule has 1 fully saturated rings. The summed E-state index contributed by atoms with van der Waals surface area (Å²) in [6.45, 7) is 2.55. The van der Waals surface area contributed by atoms with Crippen LogP contribution < -0.4 is 10.6 Å². The molecule has 1 heterocycles. The molecule has 0 radical (unpaired) electrons. The number of hydrogen-bond donors (Lipinski definition) is 2. The number of rotatable bonds is 6. The van der Waals surface area contributed by atoms with Crippen molar-refractivity contribution in [2.45, 2.75) is 58.0 Å². The molecule has 5 nitrogen and oxygen atoms in total. The molecule has 2 atom stereocenters. The molecular weight excluding hydrogens is 268 g/mol. The van der Waals surface area contributed by atoms with Crippen molar-refractivity contribution in [3.05, 3.63) is 24.2 Å². The van der Waals surface area contributed by atoms with Crippen LogP contribution in [0.4, 0.5) is 0 Å². The topological polar surface area (TPSA) is 71.3 Å². The van der Waals surface area contributed by atoms with Crippen LogP contribution >= 0.6 is 0 Å². The Morgan fingerprint density at radius 3 is 2.71 bits per heavy atom. The molecule has 0 aromatic carbocycles. The van der Waals surface area contributed by atoms with E-state index in [1.807, 2.05) is 0 Å². The van der Waals surface area contributed by atoms with Crippen LogP contribution in [0.15, 0.2) is 22.8 Å². The van der Waals surface area contributed by atoms with Gasteiger partial charge in [-0.25, -0.2) is 0 Å². The van der Waals surface area contributed by atoms with Gasteiger partial charge in [-0.2, -0.15) is 0 Å². The van der Waals surface area contributed by atoms with Crippen LogP contribution in [0, 0.1) is 5.92 Å². The third-order valence-corrected chi connectivity index (χ3v) is 4.08. The fourth-order valence-corrected chi connectivity index (χ4v) is 2.72. The second kappa shape index (κ2) is 7.86. The summed E-state index contributed by atoms with van der Waals surface area (Å²) in [6, 6.07) is 3.86. The number of amides is 2. The minimum atomic E-state index is -0.127. The summed E-state index contributed by atoms with van der Waals surface area (Å²) < 4.78 is 5.13. The third-order valence-electron chi connectivity index (χ3n) is 4.08. The average molecular weight is 292 g/mol. The molecule has 1 aliphatic rings. The smallest absolute Gasteiger partial charge is 0.220 e. The molecule has 0 aliphatic heterocycles. The van der Waals surface area contributed by atoms with E-state index in [-0.39, 0.29) is 30.7 Å². The predicted octanol–water partition coefficient (Wildman–Crippen LogP) is 2.37. The molecule has 1 aliphatic carbocycles. The third kappa shape index (κ3) is 5.25. The minimum Gasteiger partial charge on any atom is -0.467 e.